The van der Waals surface area contributed by atoms with Gasteiger partial charge >= 0.3 is 0 Å². The minimum atomic E-state index is -1.01. The molecule has 3 heterocycles. The molecule has 2 fully saturated rings. The molecule has 0 radical (unpaired) electrons. The van der Waals surface area contributed by atoms with E-state index in [2.05, 4.69) is 28.0 Å². The number of para-hydroxylation sites is 1. The first-order valence-electron chi connectivity index (χ1n) is 19.3. The van der Waals surface area contributed by atoms with Crippen LogP contribution in [0.5, 0.6) is 0 Å². The van der Waals surface area contributed by atoms with Crippen molar-refractivity contribution in [2.75, 3.05) is 13.7 Å². The maximum atomic E-state index is 14.2. The van der Waals surface area contributed by atoms with Crippen LogP contribution in [-0.4, -0.2) is 76.8 Å². The smallest absolute Gasteiger partial charge is 0.246 e. The zero-order valence-corrected chi connectivity index (χ0v) is 31.6. The highest BCUT2D eigenvalue weighted by atomic mass is 16.6. The number of nitrogens with zero attached hydrogens (tertiary/aromatic N) is 3. The number of hydrogen-bond acceptors (Lipinski definition) is 7. The normalized spacial score (nSPS) is 22.2. The minimum absolute atomic E-state index is 0.161. The Hall–Kier alpha value is -4.87. The summed E-state index contributed by atoms with van der Waals surface area (Å²) in [5.74, 6) is -1.64. The fourth-order valence-electron chi connectivity index (χ4n) is 7.27. The number of hydrogen-bond donors (Lipinski definition) is 3. The highest BCUT2D eigenvalue weighted by Crippen LogP contribution is 2.25. The molecule has 4 amide bonds. The Balaban J connectivity index is 1.33. The van der Waals surface area contributed by atoms with Crippen molar-refractivity contribution in [3.63, 3.8) is 0 Å². The van der Waals surface area contributed by atoms with Gasteiger partial charge in [0.1, 0.15) is 37.9 Å². The lowest BCUT2D eigenvalue weighted by Gasteiger charge is -2.39. The molecule has 0 spiro atoms. The molecule has 286 valence electrons. The van der Waals surface area contributed by atoms with Crippen LogP contribution in [-0.2, 0) is 37.0 Å². The van der Waals surface area contributed by atoms with E-state index in [1.54, 1.807) is 16.7 Å². The number of aromatic nitrogens is 1. The van der Waals surface area contributed by atoms with Crippen molar-refractivity contribution in [3.05, 3.63) is 71.9 Å². The van der Waals surface area contributed by atoms with Crippen LogP contribution in [0, 0.1) is 5.92 Å². The lowest BCUT2D eigenvalue weighted by molar-refractivity contribution is -0.147. The Morgan fingerprint density at radius 2 is 1.62 bits per heavy atom. The highest BCUT2D eigenvalue weighted by Gasteiger charge is 2.41. The molecule has 1 aromatic heterocycles. The minimum Gasteiger partial charge on any atom is -0.417 e. The molecule has 5 atom stereocenters. The van der Waals surface area contributed by atoms with E-state index in [0.717, 1.165) is 66.3 Å². The predicted octanol–water partition coefficient (Wildman–Crippen LogP) is 5.07. The summed E-state index contributed by atoms with van der Waals surface area (Å²) in [6.45, 7) is 6.79. The summed E-state index contributed by atoms with van der Waals surface area (Å²) in [6.07, 6.45) is 8.94. The number of amides is 4. The molecule has 53 heavy (non-hydrogen) atoms. The number of carbonyl (C=O) groups excluding carboxylic acids is 4. The summed E-state index contributed by atoms with van der Waals surface area (Å²) in [5.41, 5.74) is 3.66. The van der Waals surface area contributed by atoms with Crippen LogP contribution in [0.25, 0.3) is 10.9 Å². The molecule has 0 aliphatic carbocycles. The quantitative estimate of drug-likeness (QED) is 0.113. The fraction of sp³-hybridized carbons (Fsp3) is 0.537. The highest BCUT2D eigenvalue weighted by molar-refractivity contribution is 5.98. The summed E-state index contributed by atoms with van der Waals surface area (Å²) in [4.78, 5) is 69.2. The third-order valence-electron chi connectivity index (χ3n) is 10.6. The number of benzene rings is 2. The zero-order chi connectivity index (χ0) is 37.7. The summed E-state index contributed by atoms with van der Waals surface area (Å²) in [7, 11) is 1.57. The Kier molecular flexibility index (Phi) is 14.3. The number of piperidine rings is 1. The maximum Gasteiger partial charge on any atom is 0.246 e. The molecule has 5 rings (SSSR count). The van der Waals surface area contributed by atoms with Crippen LogP contribution >= 0.6 is 0 Å². The molecule has 12 heteroatoms. The number of rotatable bonds is 15. The number of fused-ring (bicyclic) bond motifs is 2. The van der Waals surface area contributed by atoms with Gasteiger partial charge < -0.3 is 30.5 Å². The summed E-state index contributed by atoms with van der Waals surface area (Å²) >= 11 is 0. The van der Waals surface area contributed by atoms with E-state index in [9.17, 15) is 19.2 Å². The van der Waals surface area contributed by atoms with Gasteiger partial charge in [-0.05, 0) is 68.1 Å². The largest absolute Gasteiger partial charge is 0.417 e. The second kappa shape index (κ2) is 19.3. The molecule has 2 saturated heterocycles. The molecule has 3 aromatic rings. The van der Waals surface area contributed by atoms with Crippen molar-refractivity contribution >= 4 is 40.2 Å². The van der Waals surface area contributed by atoms with Gasteiger partial charge in [-0.1, -0.05) is 93.7 Å². The second-order valence-corrected chi connectivity index (χ2v) is 14.3. The van der Waals surface area contributed by atoms with Gasteiger partial charge in [-0.25, -0.2) is 0 Å². The van der Waals surface area contributed by atoms with Crippen LogP contribution in [0.4, 0.5) is 0 Å². The van der Waals surface area contributed by atoms with Gasteiger partial charge in [-0.2, -0.15) is 4.73 Å². The topological polar surface area (TPSA) is 143 Å². The van der Waals surface area contributed by atoms with Crippen molar-refractivity contribution in [1.29, 1.82) is 0 Å². The van der Waals surface area contributed by atoms with Gasteiger partial charge in [-0.3, -0.25) is 19.2 Å². The molecule has 1 unspecified atom stereocenters. The van der Waals surface area contributed by atoms with Crippen LogP contribution in [0.3, 0.4) is 0 Å². The first kappa shape index (κ1) is 39.3. The monoisotopic (exact) mass is 728 g/mol. The molecular formula is C41H56N6O6. The molecule has 0 saturated carbocycles. The van der Waals surface area contributed by atoms with Crippen LogP contribution in [0.1, 0.15) is 96.1 Å². The molecular weight excluding hydrogens is 672 g/mol. The van der Waals surface area contributed by atoms with E-state index in [1.165, 1.54) is 0 Å². The second-order valence-electron chi connectivity index (χ2n) is 14.3. The van der Waals surface area contributed by atoms with Crippen LogP contribution < -0.4 is 20.8 Å². The van der Waals surface area contributed by atoms with Gasteiger partial charge in [0.2, 0.25) is 23.6 Å². The average molecular weight is 729 g/mol. The van der Waals surface area contributed by atoms with E-state index in [0.29, 0.717) is 38.8 Å². The molecule has 3 N–H and O–H groups in total. The van der Waals surface area contributed by atoms with Crippen LogP contribution in [0.2, 0.25) is 0 Å². The van der Waals surface area contributed by atoms with Gasteiger partial charge in [0.05, 0.1) is 11.2 Å². The van der Waals surface area contributed by atoms with Crippen molar-refractivity contribution in [2.24, 2.45) is 11.1 Å². The third kappa shape index (κ3) is 10.2. The van der Waals surface area contributed by atoms with Gasteiger partial charge in [0.25, 0.3) is 0 Å². The van der Waals surface area contributed by atoms with Gasteiger partial charge in [0, 0.05) is 24.5 Å². The number of nitrogens with one attached hydrogen (secondary N) is 3. The van der Waals surface area contributed by atoms with E-state index < -0.39 is 36.0 Å². The van der Waals surface area contributed by atoms with E-state index >= 15 is 0 Å². The summed E-state index contributed by atoms with van der Waals surface area (Å²) in [5, 5.41) is 14.3. The third-order valence-corrected chi connectivity index (χ3v) is 10.6. The zero-order valence-electron chi connectivity index (χ0n) is 31.6. The van der Waals surface area contributed by atoms with Gasteiger partial charge in [0.15, 0.2) is 0 Å². The lowest BCUT2D eigenvalue weighted by Crippen LogP contribution is -2.64. The summed E-state index contributed by atoms with van der Waals surface area (Å²) in [6, 6.07) is 14.2. The predicted molar refractivity (Wildman–Crippen MR) is 205 cm³/mol. The van der Waals surface area contributed by atoms with Crippen molar-refractivity contribution in [1.82, 2.24) is 25.6 Å². The standard InChI is InChI=1S/C41H56N6O6/c1-5-28(3)37-41(51)46-24-16-15-23-36(46)40(50)42-33(21-12-8-11-19-31(6-2)45-53-27-29-17-9-7-10-18-29)38(48)43-34(39(49)44-37)25-30-26-47(52-4)35-22-14-13-20-32(30)35/h7,9-10,13-14,17-18,20,22,26,28,33-34,36-37H,5-6,8,11-12,15-16,19,21,23-25,27H2,1-4H3,(H,42,50)(H,43,48)(H,44,49)/t28?,33-,34-,36+,37-/m0/s1. The van der Waals surface area contributed by atoms with Gasteiger partial charge in [-0.15, -0.1) is 0 Å². The van der Waals surface area contributed by atoms with Crippen molar-refractivity contribution in [3.8, 4) is 0 Å². The molecule has 0 bridgehead atoms. The Labute approximate surface area is 313 Å². The fourth-order valence-corrected chi connectivity index (χ4v) is 7.27. The molecule has 12 nitrogen and oxygen atoms in total. The summed E-state index contributed by atoms with van der Waals surface area (Å²) < 4.78 is 1.63. The maximum absolute atomic E-state index is 14.2. The molecule has 2 aliphatic heterocycles. The average Bonchev–Trinajstić information content (AvgIpc) is 3.54. The Bertz CT molecular complexity index is 1720. The van der Waals surface area contributed by atoms with Crippen LogP contribution in [0.15, 0.2) is 65.9 Å². The molecule has 2 aliphatic rings. The SMILES string of the molecule is CCC(CCCCC[C@@H]1NC(=O)[C@H]2CCCCN2C(=O)[C@H](C(C)CC)NC(=O)[C@H](Cc2cn(OC)c3ccccc23)NC1=O)=NOCc1ccccc1. The lowest BCUT2D eigenvalue weighted by atomic mass is 9.93. The van der Waals surface area contributed by atoms with E-state index in [1.807, 2.05) is 74.6 Å². The Morgan fingerprint density at radius 3 is 2.38 bits per heavy atom. The number of carbonyl (C=O) groups is 4. The number of unbranched alkanes of at least 4 members (excludes halogenated alkanes) is 2. The van der Waals surface area contributed by atoms with E-state index in [-0.39, 0.29) is 24.2 Å². The van der Waals surface area contributed by atoms with E-state index in [4.69, 9.17) is 9.68 Å². The first-order chi connectivity index (χ1) is 25.7. The number of oxime groups is 1. The Morgan fingerprint density at radius 1 is 0.887 bits per heavy atom. The van der Waals surface area contributed by atoms with Crippen molar-refractivity contribution in [2.45, 2.75) is 122 Å². The molecule has 2 aromatic carbocycles. The first-order valence-corrected chi connectivity index (χ1v) is 19.3. The van der Waals surface area contributed by atoms with Crippen molar-refractivity contribution < 1.29 is 28.9 Å².